The van der Waals surface area contributed by atoms with E-state index in [9.17, 15) is 0 Å². The minimum absolute atomic E-state index is 0.739. The maximum absolute atomic E-state index is 4.48. The molecule has 2 N–H and O–H groups in total. The number of aromatic nitrogens is 3. The zero-order valence-electron chi connectivity index (χ0n) is 10.7. The van der Waals surface area contributed by atoms with Crippen molar-refractivity contribution in [3.63, 3.8) is 0 Å². The average Bonchev–Trinajstić information content (AvgIpc) is 2.50. The minimum atomic E-state index is 0.739. The first-order valence-corrected chi connectivity index (χ1v) is 6.22. The van der Waals surface area contributed by atoms with Gasteiger partial charge in [0.25, 0.3) is 0 Å². The molecule has 0 unspecified atom stereocenters. The molecule has 3 aromatic heterocycles. The molecule has 0 saturated carbocycles. The first-order valence-electron chi connectivity index (χ1n) is 6.22. The molecule has 0 atom stereocenters. The monoisotopic (exact) mass is 263 g/mol. The lowest BCUT2D eigenvalue weighted by atomic mass is 10.3. The zero-order chi connectivity index (χ0) is 13.6. The van der Waals surface area contributed by atoms with Crippen LogP contribution in [0, 0.1) is 0 Å². The highest BCUT2D eigenvalue weighted by Crippen LogP contribution is 2.17. The topological polar surface area (TPSA) is 62.7 Å². The van der Waals surface area contributed by atoms with Gasteiger partial charge in [-0.2, -0.15) is 0 Å². The fourth-order valence-electron chi connectivity index (χ4n) is 1.72. The number of rotatable bonds is 4. The number of hydrogen-bond acceptors (Lipinski definition) is 5. The summed E-state index contributed by atoms with van der Waals surface area (Å²) in [6, 6.07) is 15.2. The van der Waals surface area contributed by atoms with Crippen LogP contribution >= 0.6 is 0 Å². The quantitative estimate of drug-likeness (QED) is 0.755. The van der Waals surface area contributed by atoms with Crippen LogP contribution in [0.25, 0.3) is 0 Å². The fourth-order valence-corrected chi connectivity index (χ4v) is 1.72. The van der Waals surface area contributed by atoms with E-state index in [0.717, 1.165) is 23.1 Å². The summed E-state index contributed by atoms with van der Waals surface area (Å²) in [5.74, 6) is 2.26. The van der Waals surface area contributed by atoms with Gasteiger partial charge < -0.3 is 10.6 Å². The predicted molar refractivity (Wildman–Crippen MR) is 79.3 cm³/mol. The molecular formula is C15H13N5. The summed E-state index contributed by atoms with van der Waals surface area (Å²) in [7, 11) is 0. The lowest BCUT2D eigenvalue weighted by Gasteiger charge is -2.08. The molecule has 0 radical (unpaired) electrons. The Balaban J connectivity index is 1.76. The molecule has 5 heteroatoms. The molecule has 0 aliphatic heterocycles. The standard InChI is InChI=1S/C15H13N5/c1-2-9-17-13(4-1)19-15-6-3-5-14(20-15)18-12-7-10-16-11-8-12/h1-11H,(H2,16,17,18,19,20). The Labute approximate surface area is 116 Å². The van der Waals surface area contributed by atoms with Gasteiger partial charge in [-0.15, -0.1) is 0 Å². The highest BCUT2D eigenvalue weighted by molar-refractivity contribution is 5.59. The van der Waals surface area contributed by atoms with Crippen molar-refractivity contribution in [2.45, 2.75) is 0 Å². The summed E-state index contributed by atoms with van der Waals surface area (Å²) in [5, 5.41) is 6.37. The van der Waals surface area contributed by atoms with E-state index in [4.69, 9.17) is 0 Å². The lowest BCUT2D eigenvalue weighted by molar-refractivity contribution is 1.24. The van der Waals surface area contributed by atoms with Crippen LogP contribution in [0.5, 0.6) is 0 Å². The molecule has 5 nitrogen and oxygen atoms in total. The maximum atomic E-state index is 4.48. The first-order chi connectivity index (χ1) is 9.90. The largest absolute Gasteiger partial charge is 0.340 e. The van der Waals surface area contributed by atoms with Crippen LogP contribution in [0.15, 0.2) is 67.1 Å². The Morgan fingerprint density at radius 2 is 1.40 bits per heavy atom. The molecular weight excluding hydrogens is 250 g/mol. The van der Waals surface area contributed by atoms with Gasteiger partial charge in [-0.25, -0.2) is 9.97 Å². The summed E-state index contributed by atoms with van der Waals surface area (Å²) in [6.45, 7) is 0. The number of anilines is 4. The number of hydrogen-bond donors (Lipinski definition) is 2. The zero-order valence-corrected chi connectivity index (χ0v) is 10.7. The molecule has 98 valence electrons. The van der Waals surface area contributed by atoms with Gasteiger partial charge in [0.05, 0.1) is 0 Å². The van der Waals surface area contributed by atoms with E-state index >= 15 is 0 Å². The van der Waals surface area contributed by atoms with Crippen molar-refractivity contribution in [1.82, 2.24) is 15.0 Å². The molecule has 0 saturated heterocycles. The van der Waals surface area contributed by atoms with Crippen LogP contribution in [0.4, 0.5) is 23.1 Å². The molecule has 3 aromatic rings. The first kappa shape index (κ1) is 12.1. The molecule has 3 heterocycles. The second-order valence-electron chi connectivity index (χ2n) is 4.11. The van der Waals surface area contributed by atoms with Crippen molar-refractivity contribution in [1.29, 1.82) is 0 Å². The summed E-state index contributed by atoms with van der Waals surface area (Å²) >= 11 is 0. The third-order valence-corrected chi connectivity index (χ3v) is 2.62. The van der Waals surface area contributed by atoms with E-state index in [-0.39, 0.29) is 0 Å². The SMILES string of the molecule is c1ccc(Nc2cccc(Nc3ccncc3)n2)nc1. The Hall–Kier alpha value is -2.95. The third kappa shape index (κ3) is 3.08. The third-order valence-electron chi connectivity index (χ3n) is 2.62. The highest BCUT2D eigenvalue weighted by atomic mass is 15.1. The van der Waals surface area contributed by atoms with Crippen LogP contribution < -0.4 is 10.6 Å². The van der Waals surface area contributed by atoms with E-state index < -0.39 is 0 Å². The van der Waals surface area contributed by atoms with E-state index in [2.05, 4.69) is 25.6 Å². The Morgan fingerprint density at radius 3 is 2.15 bits per heavy atom. The van der Waals surface area contributed by atoms with Crippen LogP contribution in [0.1, 0.15) is 0 Å². The summed E-state index contributed by atoms with van der Waals surface area (Å²) in [4.78, 5) is 12.7. The van der Waals surface area contributed by atoms with Crippen molar-refractivity contribution in [2.24, 2.45) is 0 Å². The summed E-state index contributed by atoms with van der Waals surface area (Å²) in [5.41, 5.74) is 0.947. The second-order valence-corrected chi connectivity index (χ2v) is 4.11. The average molecular weight is 263 g/mol. The van der Waals surface area contributed by atoms with Crippen molar-refractivity contribution >= 4 is 23.1 Å². The molecule has 0 amide bonds. The smallest absolute Gasteiger partial charge is 0.133 e. The lowest BCUT2D eigenvalue weighted by Crippen LogP contribution is -1.98. The Kier molecular flexibility index (Phi) is 3.51. The van der Waals surface area contributed by atoms with Gasteiger partial charge in [-0.05, 0) is 36.4 Å². The van der Waals surface area contributed by atoms with E-state index in [0.29, 0.717) is 0 Å². The Morgan fingerprint density at radius 1 is 0.650 bits per heavy atom. The van der Waals surface area contributed by atoms with Gasteiger partial charge in [0.1, 0.15) is 17.5 Å². The van der Waals surface area contributed by atoms with Crippen LogP contribution in [0.3, 0.4) is 0 Å². The molecule has 0 aromatic carbocycles. The molecule has 20 heavy (non-hydrogen) atoms. The van der Waals surface area contributed by atoms with Crippen LogP contribution in [-0.2, 0) is 0 Å². The van der Waals surface area contributed by atoms with Crippen LogP contribution in [0.2, 0.25) is 0 Å². The normalized spacial score (nSPS) is 10.0. The van der Waals surface area contributed by atoms with Crippen molar-refractivity contribution in [2.75, 3.05) is 10.6 Å². The molecule has 0 aliphatic carbocycles. The predicted octanol–water partition coefficient (Wildman–Crippen LogP) is 3.36. The second kappa shape index (κ2) is 5.79. The number of pyridine rings is 3. The highest BCUT2D eigenvalue weighted by Gasteiger charge is 1.99. The summed E-state index contributed by atoms with van der Waals surface area (Å²) in [6.07, 6.45) is 5.21. The van der Waals surface area contributed by atoms with E-state index in [1.54, 1.807) is 18.6 Å². The number of nitrogens with one attached hydrogen (secondary N) is 2. The van der Waals surface area contributed by atoms with Gasteiger partial charge in [0.15, 0.2) is 0 Å². The van der Waals surface area contributed by atoms with Gasteiger partial charge in [0, 0.05) is 24.3 Å². The van der Waals surface area contributed by atoms with Crippen molar-refractivity contribution in [3.8, 4) is 0 Å². The van der Waals surface area contributed by atoms with Gasteiger partial charge >= 0.3 is 0 Å². The van der Waals surface area contributed by atoms with E-state index in [1.807, 2.05) is 48.5 Å². The fraction of sp³-hybridized carbons (Fsp3) is 0. The minimum Gasteiger partial charge on any atom is -0.340 e. The van der Waals surface area contributed by atoms with Gasteiger partial charge in [-0.1, -0.05) is 12.1 Å². The molecule has 3 rings (SSSR count). The molecule has 0 spiro atoms. The summed E-state index contributed by atoms with van der Waals surface area (Å²) < 4.78 is 0. The maximum Gasteiger partial charge on any atom is 0.133 e. The van der Waals surface area contributed by atoms with E-state index in [1.165, 1.54) is 0 Å². The van der Waals surface area contributed by atoms with Crippen molar-refractivity contribution in [3.05, 3.63) is 67.1 Å². The van der Waals surface area contributed by atoms with Gasteiger partial charge in [-0.3, -0.25) is 4.98 Å². The van der Waals surface area contributed by atoms with Gasteiger partial charge in [0.2, 0.25) is 0 Å². The molecule has 0 fully saturated rings. The molecule has 0 aliphatic rings. The Bertz CT molecular complexity index is 613. The van der Waals surface area contributed by atoms with Crippen LogP contribution in [-0.4, -0.2) is 15.0 Å². The number of nitrogens with zero attached hydrogens (tertiary/aromatic N) is 3. The molecule has 0 bridgehead atoms. The van der Waals surface area contributed by atoms with Crippen molar-refractivity contribution < 1.29 is 0 Å².